The number of benzene rings is 7. The van der Waals surface area contributed by atoms with Gasteiger partial charge in [0.15, 0.2) is 0 Å². The Morgan fingerprint density at radius 2 is 1.16 bits per heavy atom. The second-order valence-electron chi connectivity index (χ2n) is 13.6. The quantitative estimate of drug-likeness (QED) is 0.182. The molecular formula is C46H32N2O. The van der Waals surface area contributed by atoms with Gasteiger partial charge in [-0.3, -0.25) is 0 Å². The molecular weight excluding hydrogens is 597 g/mol. The first-order valence-electron chi connectivity index (χ1n) is 16.9. The van der Waals surface area contributed by atoms with Crippen LogP contribution in [0.5, 0.6) is 0 Å². The van der Waals surface area contributed by atoms with Gasteiger partial charge in [-0.2, -0.15) is 0 Å². The van der Waals surface area contributed by atoms with Crippen molar-refractivity contribution >= 4 is 60.7 Å². The van der Waals surface area contributed by atoms with Gasteiger partial charge in [-0.25, -0.2) is 4.98 Å². The molecule has 49 heavy (non-hydrogen) atoms. The van der Waals surface area contributed by atoms with Crippen molar-refractivity contribution in [3.8, 4) is 22.4 Å². The molecule has 0 saturated carbocycles. The maximum Gasteiger partial charge on any atom is 0.144 e. The van der Waals surface area contributed by atoms with E-state index in [9.17, 15) is 0 Å². The maximum absolute atomic E-state index is 6.74. The molecule has 0 fully saturated rings. The standard InChI is InChI=1S/C46H32N2O/c1-46(2)37-18-7-10-21-40(37)48(41-22-11-8-19-38(41)46)32-16-12-15-30(27-32)31-23-26-42-36(28-31)33-24-25-35-43(45(33)49-42)34-17-6-9-20-39(34)47-44(35)29-13-4-3-5-14-29/h3-28H,1-2H3. The lowest BCUT2D eigenvalue weighted by Crippen LogP contribution is -2.30. The number of para-hydroxylation sites is 3. The Hall–Kier alpha value is -6.19. The van der Waals surface area contributed by atoms with Crippen molar-refractivity contribution in [3.63, 3.8) is 0 Å². The Balaban J connectivity index is 1.15. The summed E-state index contributed by atoms with van der Waals surface area (Å²) in [5.41, 5.74) is 13.3. The van der Waals surface area contributed by atoms with Crippen LogP contribution in [0.25, 0.3) is 66.0 Å². The topological polar surface area (TPSA) is 29.3 Å². The fourth-order valence-electron chi connectivity index (χ4n) is 8.04. The van der Waals surface area contributed by atoms with Crippen molar-refractivity contribution in [2.75, 3.05) is 4.90 Å². The molecule has 0 radical (unpaired) electrons. The normalized spacial score (nSPS) is 13.6. The van der Waals surface area contributed by atoms with Crippen LogP contribution in [0.2, 0.25) is 0 Å². The summed E-state index contributed by atoms with van der Waals surface area (Å²) >= 11 is 0. The fraction of sp³-hybridized carbons (Fsp3) is 0.0652. The summed E-state index contributed by atoms with van der Waals surface area (Å²) < 4.78 is 6.74. The van der Waals surface area contributed by atoms with Gasteiger partial charge in [0.05, 0.1) is 22.6 Å². The minimum atomic E-state index is -0.0951. The van der Waals surface area contributed by atoms with E-state index in [0.717, 1.165) is 71.7 Å². The molecule has 1 aliphatic heterocycles. The first kappa shape index (κ1) is 27.9. The summed E-state index contributed by atoms with van der Waals surface area (Å²) in [7, 11) is 0. The first-order valence-corrected chi connectivity index (χ1v) is 16.9. The number of rotatable bonds is 3. The lowest BCUT2D eigenvalue weighted by molar-refractivity contribution is 0.632. The van der Waals surface area contributed by atoms with Crippen LogP contribution in [0.4, 0.5) is 17.1 Å². The van der Waals surface area contributed by atoms with Crippen LogP contribution in [0.3, 0.4) is 0 Å². The van der Waals surface area contributed by atoms with E-state index in [4.69, 9.17) is 9.40 Å². The molecule has 0 atom stereocenters. The number of anilines is 3. The second kappa shape index (κ2) is 10.4. The summed E-state index contributed by atoms with van der Waals surface area (Å²) in [6.45, 7) is 4.65. The summed E-state index contributed by atoms with van der Waals surface area (Å²) in [6, 6.07) is 56.4. The van der Waals surface area contributed by atoms with Crippen LogP contribution in [-0.2, 0) is 5.41 Å². The molecule has 232 valence electrons. The highest BCUT2D eigenvalue weighted by atomic mass is 16.3. The zero-order chi connectivity index (χ0) is 32.7. The number of hydrogen-bond donors (Lipinski definition) is 0. The second-order valence-corrected chi connectivity index (χ2v) is 13.6. The van der Waals surface area contributed by atoms with Crippen LogP contribution in [-0.4, -0.2) is 4.98 Å². The first-order chi connectivity index (χ1) is 24.1. The van der Waals surface area contributed by atoms with Crippen molar-refractivity contribution < 1.29 is 4.42 Å². The Kier molecular flexibility index (Phi) is 5.92. The van der Waals surface area contributed by atoms with Gasteiger partial charge in [0, 0.05) is 43.6 Å². The smallest absolute Gasteiger partial charge is 0.144 e. The number of nitrogens with zero attached hydrogens (tertiary/aromatic N) is 2. The summed E-state index contributed by atoms with van der Waals surface area (Å²) in [5, 5.41) is 5.51. The zero-order valence-corrected chi connectivity index (χ0v) is 27.3. The third-order valence-electron chi connectivity index (χ3n) is 10.4. The number of fused-ring (bicyclic) bond motifs is 9. The molecule has 0 unspecified atom stereocenters. The van der Waals surface area contributed by atoms with Crippen LogP contribution in [0.1, 0.15) is 25.0 Å². The SMILES string of the molecule is CC1(C)c2ccccc2N(c2cccc(-c3ccc4oc5c(ccc6c(-c7ccccc7)nc7ccccc7c65)c4c3)c2)c2ccccc21. The fourth-order valence-corrected chi connectivity index (χ4v) is 8.04. The third kappa shape index (κ3) is 4.12. The van der Waals surface area contributed by atoms with Gasteiger partial charge in [0.25, 0.3) is 0 Å². The predicted molar refractivity (Wildman–Crippen MR) is 204 cm³/mol. The molecule has 1 aliphatic rings. The van der Waals surface area contributed by atoms with Crippen molar-refractivity contribution in [3.05, 3.63) is 169 Å². The van der Waals surface area contributed by atoms with Crippen molar-refractivity contribution in [1.29, 1.82) is 0 Å². The van der Waals surface area contributed by atoms with Crippen LogP contribution < -0.4 is 4.90 Å². The number of aromatic nitrogens is 1. The maximum atomic E-state index is 6.74. The molecule has 0 aliphatic carbocycles. The van der Waals surface area contributed by atoms with Crippen LogP contribution in [0, 0.1) is 0 Å². The number of furan rings is 1. The Morgan fingerprint density at radius 3 is 1.96 bits per heavy atom. The molecule has 0 spiro atoms. The van der Waals surface area contributed by atoms with Gasteiger partial charge in [-0.05, 0) is 70.8 Å². The van der Waals surface area contributed by atoms with Crippen molar-refractivity contribution in [2.24, 2.45) is 0 Å². The highest BCUT2D eigenvalue weighted by Crippen LogP contribution is 2.52. The van der Waals surface area contributed by atoms with E-state index in [1.807, 2.05) is 6.07 Å². The highest BCUT2D eigenvalue weighted by molar-refractivity contribution is 6.24. The summed E-state index contributed by atoms with van der Waals surface area (Å²) in [4.78, 5) is 7.54. The number of pyridine rings is 1. The van der Waals surface area contributed by atoms with Crippen LogP contribution in [0.15, 0.2) is 162 Å². The van der Waals surface area contributed by atoms with Gasteiger partial charge in [-0.15, -0.1) is 0 Å². The summed E-state index contributed by atoms with van der Waals surface area (Å²) in [6.07, 6.45) is 0. The third-order valence-corrected chi connectivity index (χ3v) is 10.4. The molecule has 2 aromatic heterocycles. The Bertz CT molecular complexity index is 2710. The van der Waals surface area contributed by atoms with Gasteiger partial charge >= 0.3 is 0 Å². The van der Waals surface area contributed by atoms with Gasteiger partial charge in [0.1, 0.15) is 11.2 Å². The van der Waals surface area contributed by atoms with Crippen molar-refractivity contribution in [1.82, 2.24) is 4.98 Å². The average molecular weight is 629 g/mol. The monoisotopic (exact) mass is 628 g/mol. The highest BCUT2D eigenvalue weighted by Gasteiger charge is 2.36. The molecule has 3 heteroatoms. The molecule has 0 amide bonds. The van der Waals surface area contributed by atoms with Gasteiger partial charge < -0.3 is 9.32 Å². The van der Waals surface area contributed by atoms with Crippen molar-refractivity contribution in [2.45, 2.75) is 19.3 Å². The van der Waals surface area contributed by atoms with E-state index in [-0.39, 0.29) is 5.41 Å². The predicted octanol–water partition coefficient (Wildman–Crippen LogP) is 12.7. The minimum Gasteiger partial charge on any atom is -0.455 e. The van der Waals surface area contributed by atoms with Gasteiger partial charge in [-0.1, -0.05) is 123 Å². The Labute approximate surface area is 284 Å². The van der Waals surface area contributed by atoms with Crippen LogP contribution >= 0.6 is 0 Å². The lowest BCUT2D eigenvalue weighted by atomic mass is 9.73. The van der Waals surface area contributed by atoms with Gasteiger partial charge in [0.2, 0.25) is 0 Å². The molecule has 9 aromatic rings. The number of hydrogen-bond acceptors (Lipinski definition) is 3. The van der Waals surface area contributed by atoms with E-state index in [1.165, 1.54) is 22.5 Å². The average Bonchev–Trinajstić information content (AvgIpc) is 3.53. The Morgan fingerprint density at radius 1 is 0.510 bits per heavy atom. The van der Waals surface area contributed by atoms with E-state index in [1.54, 1.807) is 0 Å². The lowest BCUT2D eigenvalue weighted by Gasteiger charge is -2.42. The van der Waals surface area contributed by atoms with E-state index < -0.39 is 0 Å². The van der Waals surface area contributed by atoms with E-state index in [2.05, 4.69) is 170 Å². The molecule has 3 heterocycles. The zero-order valence-electron chi connectivity index (χ0n) is 27.3. The molecule has 10 rings (SSSR count). The minimum absolute atomic E-state index is 0.0951. The molecule has 0 saturated heterocycles. The van der Waals surface area contributed by atoms with E-state index >= 15 is 0 Å². The molecule has 3 nitrogen and oxygen atoms in total. The summed E-state index contributed by atoms with van der Waals surface area (Å²) in [5.74, 6) is 0. The largest absolute Gasteiger partial charge is 0.455 e. The molecule has 0 bridgehead atoms. The molecule has 0 N–H and O–H groups in total. The van der Waals surface area contributed by atoms with E-state index in [0.29, 0.717) is 0 Å². The molecule has 7 aromatic carbocycles.